The second-order valence-corrected chi connectivity index (χ2v) is 8.27. The predicted octanol–water partition coefficient (Wildman–Crippen LogP) is 3.54. The first-order valence-corrected chi connectivity index (χ1v) is 10.4. The number of aliphatic hydroxyl groups is 1. The molecule has 4 rings (SSSR count). The van der Waals surface area contributed by atoms with Crippen LogP contribution in [0.15, 0.2) is 42.5 Å². The van der Waals surface area contributed by atoms with Gasteiger partial charge in [0, 0.05) is 25.7 Å². The molecule has 0 aliphatic carbocycles. The van der Waals surface area contributed by atoms with Gasteiger partial charge in [-0.1, -0.05) is 36.4 Å². The third-order valence-corrected chi connectivity index (χ3v) is 6.40. The van der Waals surface area contributed by atoms with Crippen molar-refractivity contribution in [2.24, 2.45) is 5.92 Å². The third-order valence-electron chi connectivity index (χ3n) is 6.40. The first-order valence-electron chi connectivity index (χ1n) is 10.4. The molecule has 2 aliphatic rings. The fourth-order valence-corrected chi connectivity index (χ4v) is 4.64. The molecular weight excluding hydrogens is 348 g/mol. The molecule has 1 amide bonds. The van der Waals surface area contributed by atoms with E-state index < -0.39 is 0 Å². The summed E-state index contributed by atoms with van der Waals surface area (Å²) in [5.74, 6) is 0.914. The van der Waals surface area contributed by atoms with Gasteiger partial charge in [0.15, 0.2) is 0 Å². The second-order valence-electron chi connectivity index (χ2n) is 8.27. The summed E-state index contributed by atoms with van der Waals surface area (Å²) < 4.78 is 0. The van der Waals surface area contributed by atoms with Gasteiger partial charge in [0.25, 0.3) is 0 Å². The number of piperidine rings is 1. The Morgan fingerprint density at radius 2 is 1.79 bits per heavy atom. The molecule has 0 radical (unpaired) electrons. The minimum absolute atomic E-state index is 0.133. The number of amides is 1. The number of aliphatic hydroxyl groups excluding tert-OH is 1. The number of hydrogen-bond acceptors (Lipinski definition) is 3. The molecule has 1 N–H and O–H groups in total. The fraction of sp³-hybridized carbons (Fsp3) is 0.458. The minimum atomic E-state index is 0.133. The van der Waals surface area contributed by atoms with Crippen molar-refractivity contribution in [2.45, 2.75) is 45.3 Å². The topological polar surface area (TPSA) is 43.8 Å². The highest BCUT2D eigenvalue weighted by Gasteiger charge is 2.23. The Bertz CT molecular complexity index is 840. The zero-order valence-corrected chi connectivity index (χ0v) is 16.7. The number of fused-ring (bicyclic) bond motifs is 1. The number of aryl methyl sites for hydroxylation is 1. The molecule has 1 saturated heterocycles. The van der Waals surface area contributed by atoms with Gasteiger partial charge in [0.2, 0.25) is 5.91 Å². The fourth-order valence-electron chi connectivity index (χ4n) is 4.64. The first-order chi connectivity index (χ1) is 13.6. The highest BCUT2D eigenvalue weighted by atomic mass is 16.3. The highest BCUT2D eigenvalue weighted by Crippen LogP contribution is 2.29. The van der Waals surface area contributed by atoms with Crippen LogP contribution in [-0.2, 0) is 30.8 Å². The molecule has 2 heterocycles. The Balaban J connectivity index is 1.33. The van der Waals surface area contributed by atoms with Crippen LogP contribution in [0.2, 0.25) is 0 Å². The van der Waals surface area contributed by atoms with E-state index in [0.717, 1.165) is 43.7 Å². The highest BCUT2D eigenvalue weighted by molar-refractivity contribution is 5.95. The van der Waals surface area contributed by atoms with E-state index in [9.17, 15) is 9.90 Å². The van der Waals surface area contributed by atoms with E-state index in [1.807, 2.05) is 19.2 Å². The van der Waals surface area contributed by atoms with Crippen molar-refractivity contribution in [3.63, 3.8) is 0 Å². The molecule has 0 unspecified atom stereocenters. The molecular formula is C24H30N2O2. The summed E-state index contributed by atoms with van der Waals surface area (Å²) in [5.41, 5.74) is 6.10. The average Bonchev–Trinajstić information content (AvgIpc) is 2.73. The Hall–Kier alpha value is -2.17. The van der Waals surface area contributed by atoms with Gasteiger partial charge in [-0.15, -0.1) is 0 Å². The standard InChI is InChI=1S/C24H30N2O2/c1-25-23-8-6-19(15-21(23)7-9-24(25)28)16-26-12-10-18(11-13-26)14-20-4-2-3-5-22(20)17-27/h2-6,8,15,18,27H,7,9-14,16-17H2,1H3. The van der Waals surface area contributed by atoms with E-state index in [4.69, 9.17) is 0 Å². The van der Waals surface area contributed by atoms with Crippen LogP contribution in [0.25, 0.3) is 0 Å². The number of carbonyl (C=O) groups is 1. The number of likely N-dealkylation sites (tertiary alicyclic amines) is 1. The minimum Gasteiger partial charge on any atom is -0.392 e. The lowest BCUT2D eigenvalue weighted by atomic mass is 9.88. The quantitative estimate of drug-likeness (QED) is 0.865. The van der Waals surface area contributed by atoms with Crippen molar-refractivity contribution in [1.29, 1.82) is 0 Å². The Kier molecular flexibility index (Phi) is 5.79. The van der Waals surface area contributed by atoms with Crippen LogP contribution in [0, 0.1) is 5.92 Å². The van der Waals surface area contributed by atoms with Crippen LogP contribution in [-0.4, -0.2) is 36.1 Å². The molecule has 2 aliphatic heterocycles. The lowest BCUT2D eigenvalue weighted by Gasteiger charge is -2.33. The maximum absolute atomic E-state index is 11.9. The maximum atomic E-state index is 11.9. The third kappa shape index (κ3) is 4.13. The van der Waals surface area contributed by atoms with E-state index in [1.54, 1.807) is 4.90 Å². The van der Waals surface area contributed by atoms with E-state index in [0.29, 0.717) is 12.3 Å². The zero-order valence-electron chi connectivity index (χ0n) is 16.7. The van der Waals surface area contributed by atoms with E-state index in [1.165, 1.54) is 29.5 Å². The molecule has 0 spiro atoms. The summed E-state index contributed by atoms with van der Waals surface area (Å²) in [7, 11) is 1.87. The first kappa shape index (κ1) is 19.2. The lowest BCUT2D eigenvalue weighted by Crippen LogP contribution is -2.34. The van der Waals surface area contributed by atoms with Crippen LogP contribution in [0.3, 0.4) is 0 Å². The number of anilines is 1. The number of rotatable bonds is 5. The van der Waals surface area contributed by atoms with Gasteiger partial charge in [0.05, 0.1) is 6.61 Å². The van der Waals surface area contributed by atoms with Crippen molar-refractivity contribution in [1.82, 2.24) is 4.90 Å². The summed E-state index contributed by atoms with van der Waals surface area (Å²) in [6.07, 6.45) is 4.97. The summed E-state index contributed by atoms with van der Waals surface area (Å²) in [6.45, 7) is 3.38. The molecule has 1 fully saturated rings. The van der Waals surface area contributed by atoms with E-state index in [-0.39, 0.29) is 12.5 Å². The Morgan fingerprint density at radius 1 is 1.04 bits per heavy atom. The van der Waals surface area contributed by atoms with Gasteiger partial charge < -0.3 is 10.0 Å². The molecule has 4 heteroatoms. The van der Waals surface area contributed by atoms with E-state index >= 15 is 0 Å². The number of hydrogen-bond donors (Lipinski definition) is 1. The Morgan fingerprint density at radius 3 is 2.54 bits per heavy atom. The maximum Gasteiger partial charge on any atom is 0.227 e. The molecule has 28 heavy (non-hydrogen) atoms. The summed E-state index contributed by atoms with van der Waals surface area (Å²) in [6, 6.07) is 14.9. The van der Waals surface area contributed by atoms with Crippen molar-refractivity contribution >= 4 is 11.6 Å². The Labute approximate surface area is 167 Å². The predicted molar refractivity (Wildman–Crippen MR) is 112 cm³/mol. The number of carbonyl (C=O) groups excluding carboxylic acids is 1. The summed E-state index contributed by atoms with van der Waals surface area (Å²) in [4.78, 5) is 16.2. The smallest absolute Gasteiger partial charge is 0.227 e. The van der Waals surface area contributed by atoms with Gasteiger partial charge in [0.1, 0.15) is 0 Å². The monoisotopic (exact) mass is 378 g/mol. The van der Waals surface area contributed by atoms with Crippen LogP contribution in [0.4, 0.5) is 5.69 Å². The van der Waals surface area contributed by atoms with Gasteiger partial charge >= 0.3 is 0 Å². The molecule has 0 atom stereocenters. The van der Waals surface area contributed by atoms with Gasteiger partial charge in [-0.3, -0.25) is 9.69 Å². The number of nitrogens with zero attached hydrogens (tertiary/aromatic N) is 2. The van der Waals surface area contributed by atoms with Gasteiger partial charge in [-0.2, -0.15) is 0 Å². The van der Waals surface area contributed by atoms with Gasteiger partial charge in [-0.05, 0) is 73.0 Å². The normalized spacial score (nSPS) is 18.4. The van der Waals surface area contributed by atoms with Gasteiger partial charge in [-0.25, -0.2) is 0 Å². The zero-order chi connectivity index (χ0) is 19.5. The van der Waals surface area contributed by atoms with Crippen LogP contribution >= 0.6 is 0 Å². The largest absolute Gasteiger partial charge is 0.392 e. The molecule has 2 aromatic carbocycles. The molecule has 0 aromatic heterocycles. The SMILES string of the molecule is CN1C(=O)CCc2cc(CN3CCC(Cc4ccccc4CO)CC3)ccc21. The van der Waals surface area contributed by atoms with Crippen molar-refractivity contribution in [2.75, 3.05) is 25.0 Å². The van der Waals surface area contributed by atoms with Crippen molar-refractivity contribution in [3.8, 4) is 0 Å². The summed E-state index contributed by atoms with van der Waals surface area (Å²) >= 11 is 0. The molecule has 0 bridgehead atoms. The molecule has 4 nitrogen and oxygen atoms in total. The van der Waals surface area contributed by atoms with Crippen molar-refractivity contribution in [3.05, 3.63) is 64.7 Å². The lowest BCUT2D eigenvalue weighted by molar-refractivity contribution is -0.118. The van der Waals surface area contributed by atoms with Crippen LogP contribution in [0.5, 0.6) is 0 Å². The van der Waals surface area contributed by atoms with E-state index in [2.05, 4.69) is 35.2 Å². The van der Waals surface area contributed by atoms with Crippen molar-refractivity contribution < 1.29 is 9.90 Å². The molecule has 0 saturated carbocycles. The second kappa shape index (κ2) is 8.46. The average molecular weight is 379 g/mol. The number of benzene rings is 2. The molecule has 148 valence electrons. The summed E-state index contributed by atoms with van der Waals surface area (Å²) in [5, 5.41) is 9.54. The van der Waals surface area contributed by atoms with Crippen LogP contribution < -0.4 is 4.90 Å². The molecule has 2 aromatic rings. The van der Waals surface area contributed by atoms with Crippen LogP contribution in [0.1, 0.15) is 41.5 Å².